The predicted octanol–water partition coefficient (Wildman–Crippen LogP) is 3.47. The Balaban J connectivity index is 2.14. The fraction of sp³-hybridized carbons (Fsp3) is 0.200. The topological polar surface area (TPSA) is 58.0 Å². The molecule has 0 saturated heterocycles. The van der Waals surface area contributed by atoms with Gasteiger partial charge in [0.25, 0.3) is 0 Å². The van der Waals surface area contributed by atoms with Crippen LogP contribution in [-0.4, -0.2) is 15.3 Å². The van der Waals surface area contributed by atoms with E-state index in [-0.39, 0.29) is 10.8 Å². The molecule has 0 spiro atoms. The lowest BCUT2D eigenvalue weighted by molar-refractivity contribution is 0.469. The molecule has 2 N–H and O–H groups in total. The minimum absolute atomic E-state index is 0.0322. The Morgan fingerprint density at radius 2 is 2.12 bits per heavy atom. The molecule has 7 heteroatoms. The third-order valence-electron chi connectivity index (χ3n) is 2.06. The molecule has 1 aromatic carbocycles. The molecule has 0 aliphatic rings. The summed E-state index contributed by atoms with van der Waals surface area (Å²) in [7, 11) is 0. The van der Waals surface area contributed by atoms with Crippen LogP contribution in [0.1, 0.15) is 10.6 Å². The number of phenols is 1. The zero-order valence-corrected chi connectivity index (χ0v) is 11.2. The fourth-order valence-corrected chi connectivity index (χ4v) is 2.42. The van der Waals surface area contributed by atoms with Crippen LogP contribution in [0.25, 0.3) is 0 Å². The Bertz CT molecular complexity index is 544. The van der Waals surface area contributed by atoms with Gasteiger partial charge in [0, 0.05) is 17.1 Å². The molecule has 0 radical (unpaired) electrons. The smallest absolute Gasteiger partial charge is 0.205 e. The number of aromatic nitrogens is 2. The molecule has 17 heavy (non-hydrogen) atoms. The Labute approximate surface area is 112 Å². The minimum atomic E-state index is 0.0322. The van der Waals surface area contributed by atoms with E-state index in [4.69, 9.17) is 23.2 Å². The first-order valence-corrected chi connectivity index (χ1v) is 6.34. The second-order valence-corrected chi connectivity index (χ2v) is 5.40. The summed E-state index contributed by atoms with van der Waals surface area (Å²) < 4.78 is 0. The lowest BCUT2D eigenvalue weighted by atomic mass is 10.2. The number of benzene rings is 1. The van der Waals surface area contributed by atoms with Crippen molar-refractivity contribution in [2.24, 2.45) is 0 Å². The Morgan fingerprint density at radius 3 is 2.76 bits per heavy atom. The van der Waals surface area contributed by atoms with Crippen molar-refractivity contribution in [3.05, 3.63) is 32.7 Å². The van der Waals surface area contributed by atoms with Gasteiger partial charge >= 0.3 is 0 Å². The molecule has 1 heterocycles. The SMILES string of the molecule is Cc1nnc(NCc2cc(Cl)cc(Cl)c2O)s1. The van der Waals surface area contributed by atoms with Crippen LogP contribution < -0.4 is 5.32 Å². The largest absolute Gasteiger partial charge is 0.506 e. The van der Waals surface area contributed by atoms with E-state index in [1.807, 2.05) is 6.92 Å². The van der Waals surface area contributed by atoms with Gasteiger partial charge in [0.15, 0.2) is 0 Å². The summed E-state index contributed by atoms with van der Waals surface area (Å²) in [6.45, 7) is 2.26. The van der Waals surface area contributed by atoms with Crippen LogP contribution in [0, 0.1) is 6.92 Å². The van der Waals surface area contributed by atoms with Crippen molar-refractivity contribution in [1.29, 1.82) is 0 Å². The number of anilines is 1. The standard InChI is InChI=1S/C10H9Cl2N3OS/c1-5-14-15-10(17-5)13-4-6-2-7(11)3-8(12)9(6)16/h2-3,16H,4H2,1H3,(H,13,15). The van der Waals surface area contributed by atoms with Crippen molar-refractivity contribution in [3.8, 4) is 5.75 Å². The highest BCUT2D eigenvalue weighted by Gasteiger charge is 2.08. The van der Waals surface area contributed by atoms with Crippen molar-refractivity contribution in [2.75, 3.05) is 5.32 Å². The van der Waals surface area contributed by atoms with Crippen molar-refractivity contribution < 1.29 is 5.11 Å². The van der Waals surface area contributed by atoms with Gasteiger partial charge in [-0.25, -0.2) is 0 Å². The molecule has 0 aliphatic carbocycles. The van der Waals surface area contributed by atoms with Crippen molar-refractivity contribution in [3.63, 3.8) is 0 Å². The van der Waals surface area contributed by atoms with E-state index in [1.54, 1.807) is 6.07 Å². The molecule has 4 nitrogen and oxygen atoms in total. The third kappa shape index (κ3) is 3.00. The van der Waals surface area contributed by atoms with Crippen LogP contribution in [0.3, 0.4) is 0 Å². The first-order valence-electron chi connectivity index (χ1n) is 4.77. The van der Waals surface area contributed by atoms with E-state index < -0.39 is 0 Å². The number of aryl methyl sites for hydroxylation is 1. The van der Waals surface area contributed by atoms with E-state index in [1.165, 1.54) is 17.4 Å². The highest BCUT2D eigenvalue weighted by molar-refractivity contribution is 7.15. The number of hydrogen-bond acceptors (Lipinski definition) is 5. The Morgan fingerprint density at radius 1 is 1.35 bits per heavy atom. The summed E-state index contributed by atoms with van der Waals surface area (Å²) in [5.41, 5.74) is 0.621. The van der Waals surface area contributed by atoms with E-state index in [0.29, 0.717) is 22.3 Å². The van der Waals surface area contributed by atoms with Crippen LogP contribution in [0.5, 0.6) is 5.75 Å². The summed E-state index contributed by atoms with van der Waals surface area (Å²) in [5.74, 6) is 0.0322. The number of rotatable bonds is 3. The molecule has 0 saturated carbocycles. The van der Waals surface area contributed by atoms with Gasteiger partial charge in [-0.3, -0.25) is 0 Å². The van der Waals surface area contributed by atoms with Crippen molar-refractivity contribution >= 4 is 39.7 Å². The zero-order valence-electron chi connectivity index (χ0n) is 8.87. The van der Waals surface area contributed by atoms with Crippen LogP contribution in [-0.2, 0) is 6.54 Å². The minimum Gasteiger partial charge on any atom is -0.506 e. The third-order valence-corrected chi connectivity index (χ3v) is 3.37. The maximum Gasteiger partial charge on any atom is 0.205 e. The van der Waals surface area contributed by atoms with Crippen LogP contribution >= 0.6 is 34.5 Å². The highest BCUT2D eigenvalue weighted by atomic mass is 35.5. The van der Waals surface area contributed by atoms with Gasteiger partial charge in [0.05, 0.1) is 5.02 Å². The van der Waals surface area contributed by atoms with Crippen molar-refractivity contribution in [2.45, 2.75) is 13.5 Å². The van der Waals surface area contributed by atoms with Gasteiger partial charge in [-0.1, -0.05) is 34.5 Å². The second kappa shape index (κ2) is 5.08. The zero-order chi connectivity index (χ0) is 12.4. The predicted molar refractivity (Wildman–Crippen MR) is 70.1 cm³/mol. The monoisotopic (exact) mass is 289 g/mol. The van der Waals surface area contributed by atoms with Gasteiger partial charge in [0.1, 0.15) is 10.8 Å². The molecule has 90 valence electrons. The quantitative estimate of drug-likeness (QED) is 0.908. The number of hydrogen-bond donors (Lipinski definition) is 2. The average molecular weight is 290 g/mol. The number of nitrogens with zero attached hydrogens (tertiary/aromatic N) is 2. The highest BCUT2D eigenvalue weighted by Crippen LogP contribution is 2.31. The van der Waals surface area contributed by atoms with Gasteiger partial charge < -0.3 is 10.4 Å². The van der Waals surface area contributed by atoms with Gasteiger partial charge in [-0.15, -0.1) is 10.2 Å². The Hall–Kier alpha value is -1.04. The molecule has 2 rings (SSSR count). The van der Waals surface area contributed by atoms with Crippen LogP contribution in [0.2, 0.25) is 10.0 Å². The summed E-state index contributed by atoms with van der Waals surface area (Å²) in [6.07, 6.45) is 0. The lowest BCUT2D eigenvalue weighted by Gasteiger charge is -2.07. The Kier molecular flexibility index (Phi) is 3.71. The molecule has 0 atom stereocenters. The maximum absolute atomic E-state index is 9.74. The molecule has 0 fully saturated rings. The van der Waals surface area contributed by atoms with Gasteiger partial charge in [0.2, 0.25) is 5.13 Å². The average Bonchev–Trinajstić information content (AvgIpc) is 2.67. The first-order chi connectivity index (χ1) is 8.06. The summed E-state index contributed by atoms with van der Waals surface area (Å²) in [5, 5.41) is 22.9. The normalized spacial score (nSPS) is 10.5. The number of halogens is 2. The summed E-state index contributed by atoms with van der Waals surface area (Å²) in [4.78, 5) is 0. The molecular formula is C10H9Cl2N3OS. The van der Waals surface area contributed by atoms with Gasteiger partial charge in [-0.2, -0.15) is 0 Å². The van der Waals surface area contributed by atoms with Gasteiger partial charge in [-0.05, 0) is 19.1 Å². The molecule has 0 bridgehead atoms. The van der Waals surface area contributed by atoms with E-state index in [0.717, 1.165) is 5.01 Å². The second-order valence-electron chi connectivity index (χ2n) is 3.38. The fourth-order valence-electron chi connectivity index (χ4n) is 1.29. The maximum atomic E-state index is 9.74. The van der Waals surface area contributed by atoms with E-state index >= 15 is 0 Å². The lowest BCUT2D eigenvalue weighted by Crippen LogP contribution is -1.99. The molecule has 0 amide bonds. The number of nitrogens with one attached hydrogen (secondary N) is 1. The molecule has 1 aromatic heterocycles. The molecular weight excluding hydrogens is 281 g/mol. The van der Waals surface area contributed by atoms with Crippen molar-refractivity contribution in [1.82, 2.24) is 10.2 Å². The first kappa shape index (κ1) is 12.4. The number of phenolic OH excluding ortho intramolecular Hbond substituents is 1. The summed E-state index contributed by atoms with van der Waals surface area (Å²) in [6, 6.07) is 3.15. The van der Waals surface area contributed by atoms with E-state index in [2.05, 4.69) is 15.5 Å². The van der Waals surface area contributed by atoms with Crippen LogP contribution in [0.15, 0.2) is 12.1 Å². The molecule has 0 unspecified atom stereocenters. The number of aromatic hydroxyl groups is 1. The molecule has 0 aliphatic heterocycles. The van der Waals surface area contributed by atoms with Crippen LogP contribution in [0.4, 0.5) is 5.13 Å². The summed E-state index contributed by atoms with van der Waals surface area (Å²) >= 11 is 13.1. The molecule has 2 aromatic rings. The van der Waals surface area contributed by atoms with E-state index in [9.17, 15) is 5.11 Å².